The van der Waals surface area contributed by atoms with Crippen LogP contribution in [-0.2, 0) is 20.9 Å². The minimum Gasteiger partial charge on any atom is -0.468 e. The molecule has 1 heterocycles. The molecule has 0 radical (unpaired) electrons. The average molecular weight is 318 g/mol. The van der Waals surface area contributed by atoms with Gasteiger partial charge >= 0.3 is 12.1 Å². The highest BCUT2D eigenvalue weighted by Gasteiger charge is 2.56. The maximum atomic E-state index is 12.1. The molecule has 1 amide bonds. The molecule has 6 heteroatoms. The summed E-state index contributed by atoms with van der Waals surface area (Å²) in [4.78, 5) is 27.9. The standard InChI is InChI=1S/C17H22N2O4/c1-22-15(20)17(7-8-17)19-11-9-18(10-12-19)16(21)23-13-14-5-3-2-4-6-14/h2-6H,7-13H2,1H3. The first-order valence-electron chi connectivity index (χ1n) is 7.95. The summed E-state index contributed by atoms with van der Waals surface area (Å²) in [5.74, 6) is -0.155. The summed E-state index contributed by atoms with van der Waals surface area (Å²) in [6.45, 7) is 2.79. The van der Waals surface area contributed by atoms with E-state index in [-0.39, 0.29) is 18.7 Å². The van der Waals surface area contributed by atoms with E-state index in [9.17, 15) is 9.59 Å². The first-order chi connectivity index (χ1) is 11.2. The maximum Gasteiger partial charge on any atom is 0.410 e. The average Bonchev–Trinajstić information content (AvgIpc) is 3.42. The third kappa shape index (κ3) is 3.32. The molecule has 1 saturated carbocycles. The lowest BCUT2D eigenvalue weighted by Crippen LogP contribution is -2.55. The summed E-state index contributed by atoms with van der Waals surface area (Å²) >= 11 is 0. The number of rotatable bonds is 4. The van der Waals surface area contributed by atoms with Crippen molar-refractivity contribution in [3.05, 3.63) is 35.9 Å². The Kier molecular flexibility index (Phi) is 4.52. The molecule has 0 N–H and O–H groups in total. The van der Waals surface area contributed by atoms with Crippen molar-refractivity contribution in [2.24, 2.45) is 0 Å². The molecule has 3 rings (SSSR count). The lowest BCUT2D eigenvalue weighted by molar-refractivity contribution is -0.149. The van der Waals surface area contributed by atoms with Gasteiger partial charge in [0, 0.05) is 26.2 Å². The summed E-state index contributed by atoms with van der Waals surface area (Å²) in [6.07, 6.45) is 1.40. The molecule has 0 bridgehead atoms. The van der Waals surface area contributed by atoms with Crippen LogP contribution in [0.4, 0.5) is 4.79 Å². The van der Waals surface area contributed by atoms with Gasteiger partial charge in [-0.2, -0.15) is 0 Å². The zero-order chi connectivity index (χ0) is 16.3. The van der Waals surface area contributed by atoms with Crippen LogP contribution < -0.4 is 0 Å². The number of methoxy groups -OCH3 is 1. The van der Waals surface area contributed by atoms with Crippen LogP contribution in [0, 0.1) is 0 Å². The SMILES string of the molecule is COC(=O)C1(N2CCN(C(=O)OCc3ccccc3)CC2)CC1. The van der Waals surface area contributed by atoms with E-state index >= 15 is 0 Å². The molecule has 1 aliphatic carbocycles. The molecule has 1 aliphatic heterocycles. The van der Waals surface area contributed by atoms with Crippen molar-refractivity contribution in [2.75, 3.05) is 33.3 Å². The van der Waals surface area contributed by atoms with E-state index < -0.39 is 5.54 Å². The van der Waals surface area contributed by atoms with E-state index in [2.05, 4.69) is 4.90 Å². The Bertz CT molecular complexity index is 563. The Balaban J connectivity index is 1.47. The summed E-state index contributed by atoms with van der Waals surface area (Å²) in [5, 5.41) is 0. The Labute approximate surface area is 136 Å². The Morgan fingerprint density at radius 3 is 2.30 bits per heavy atom. The number of benzene rings is 1. The predicted octanol–water partition coefficient (Wildman–Crippen LogP) is 1.65. The first-order valence-corrected chi connectivity index (χ1v) is 7.95. The van der Waals surface area contributed by atoms with Gasteiger partial charge in [0.05, 0.1) is 7.11 Å². The minimum absolute atomic E-state index is 0.155. The van der Waals surface area contributed by atoms with Crippen LogP contribution >= 0.6 is 0 Å². The molecule has 124 valence electrons. The smallest absolute Gasteiger partial charge is 0.410 e. The highest BCUT2D eigenvalue weighted by Crippen LogP contribution is 2.43. The summed E-state index contributed by atoms with van der Waals surface area (Å²) in [5.41, 5.74) is 0.538. The van der Waals surface area contributed by atoms with E-state index in [1.165, 1.54) is 7.11 Å². The lowest BCUT2D eigenvalue weighted by atomic mass is 10.2. The Morgan fingerprint density at radius 1 is 1.09 bits per heavy atom. The molecular formula is C17H22N2O4. The Morgan fingerprint density at radius 2 is 1.74 bits per heavy atom. The molecule has 1 saturated heterocycles. The minimum atomic E-state index is -0.436. The summed E-state index contributed by atoms with van der Waals surface area (Å²) in [6, 6.07) is 9.63. The number of piperazine rings is 1. The van der Waals surface area contributed by atoms with Crippen LogP contribution in [0.2, 0.25) is 0 Å². The van der Waals surface area contributed by atoms with Gasteiger partial charge in [-0.25, -0.2) is 4.79 Å². The van der Waals surface area contributed by atoms with Gasteiger partial charge in [-0.15, -0.1) is 0 Å². The van der Waals surface area contributed by atoms with Crippen LogP contribution in [0.3, 0.4) is 0 Å². The van der Waals surface area contributed by atoms with Gasteiger partial charge in [-0.1, -0.05) is 30.3 Å². The van der Waals surface area contributed by atoms with Crippen molar-refractivity contribution in [3.8, 4) is 0 Å². The van der Waals surface area contributed by atoms with E-state index in [4.69, 9.17) is 9.47 Å². The van der Waals surface area contributed by atoms with Gasteiger partial charge in [0.1, 0.15) is 12.1 Å². The topological polar surface area (TPSA) is 59.1 Å². The van der Waals surface area contributed by atoms with Gasteiger partial charge < -0.3 is 14.4 Å². The van der Waals surface area contributed by atoms with Crippen LogP contribution in [0.5, 0.6) is 0 Å². The number of hydrogen-bond donors (Lipinski definition) is 0. The fourth-order valence-electron chi connectivity index (χ4n) is 3.09. The molecule has 23 heavy (non-hydrogen) atoms. The molecule has 2 fully saturated rings. The molecule has 1 aromatic carbocycles. The molecule has 0 spiro atoms. The molecule has 0 aromatic heterocycles. The molecule has 0 atom stereocenters. The van der Waals surface area contributed by atoms with Crippen molar-refractivity contribution in [1.29, 1.82) is 0 Å². The fourth-order valence-corrected chi connectivity index (χ4v) is 3.09. The zero-order valence-electron chi connectivity index (χ0n) is 13.4. The van der Waals surface area contributed by atoms with Crippen molar-refractivity contribution in [1.82, 2.24) is 9.80 Å². The quantitative estimate of drug-likeness (QED) is 0.790. The highest BCUT2D eigenvalue weighted by molar-refractivity contribution is 5.84. The van der Waals surface area contributed by atoms with Crippen LogP contribution in [-0.4, -0.2) is 60.7 Å². The summed E-state index contributed by atoms with van der Waals surface area (Å²) < 4.78 is 10.3. The third-order valence-electron chi connectivity index (χ3n) is 4.64. The highest BCUT2D eigenvalue weighted by atomic mass is 16.6. The van der Waals surface area contributed by atoms with Crippen LogP contribution in [0.25, 0.3) is 0 Å². The summed E-state index contributed by atoms with van der Waals surface area (Å²) in [7, 11) is 1.43. The molecule has 6 nitrogen and oxygen atoms in total. The van der Waals surface area contributed by atoms with E-state index in [0.29, 0.717) is 26.2 Å². The monoisotopic (exact) mass is 318 g/mol. The molecular weight excluding hydrogens is 296 g/mol. The largest absolute Gasteiger partial charge is 0.468 e. The van der Waals surface area contributed by atoms with Gasteiger partial charge in [-0.05, 0) is 18.4 Å². The van der Waals surface area contributed by atoms with Crippen molar-refractivity contribution >= 4 is 12.1 Å². The number of esters is 1. The van der Waals surface area contributed by atoms with E-state index in [0.717, 1.165) is 18.4 Å². The maximum absolute atomic E-state index is 12.1. The third-order valence-corrected chi connectivity index (χ3v) is 4.64. The zero-order valence-corrected chi connectivity index (χ0v) is 13.4. The molecule has 2 aliphatic rings. The normalized spacial score (nSPS) is 20.0. The number of carbonyl (C=O) groups is 2. The van der Waals surface area contributed by atoms with Gasteiger partial charge in [0.15, 0.2) is 0 Å². The van der Waals surface area contributed by atoms with Gasteiger partial charge in [0.2, 0.25) is 0 Å². The van der Waals surface area contributed by atoms with Crippen molar-refractivity contribution < 1.29 is 19.1 Å². The van der Waals surface area contributed by atoms with Crippen molar-refractivity contribution in [2.45, 2.75) is 25.0 Å². The second-order valence-electron chi connectivity index (χ2n) is 6.04. The van der Waals surface area contributed by atoms with Crippen LogP contribution in [0.1, 0.15) is 18.4 Å². The predicted molar refractivity (Wildman–Crippen MR) is 83.8 cm³/mol. The van der Waals surface area contributed by atoms with E-state index in [1.54, 1.807) is 4.90 Å². The van der Waals surface area contributed by atoms with Crippen LogP contribution in [0.15, 0.2) is 30.3 Å². The van der Waals surface area contributed by atoms with Crippen molar-refractivity contribution in [3.63, 3.8) is 0 Å². The fraction of sp³-hybridized carbons (Fsp3) is 0.529. The number of amides is 1. The number of ether oxygens (including phenoxy) is 2. The number of hydrogen-bond acceptors (Lipinski definition) is 5. The second-order valence-corrected chi connectivity index (χ2v) is 6.04. The Hall–Kier alpha value is -2.08. The van der Waals surface area contributed by atoms with Gasteiger partial charge in [-0.3, -0.25) is 9.69 Å². The first kappa shape index (κ1) is 15.8. The molecule has 1 aromatic rings. The number of carbonyl (C=O) groups excluding carboxylic acids is 2. The van der Waals surface area contributed by atoms with Gasteiger partial charge in [0.25, 0.3) is 0 Å². The molecule has 0 unspecified atom stereocenters. The number of nitrogens with zero attached hydrogens (tertiary/aromatic N) is 2. The van der Waals surface area contributed by atoms with E-state index in [1.807, 2.05) is 30.3 Å². The second kappa shape index (κ2) is 6.58. The lowest BCUT2D eigenvalue weighted by Gasteiger charge is -2.37.